The minimum atomic E-state index is -1.10. The van der Waals surface area contributed by atoms with Crippen molar-refractivity contribution >= 4 is 17.2 Å². The second-order valence-corrected chi connectivity index (χ2v) is 8.97. The van der Waals surface area contributed by atoms with Crippen LogP contribution in [0.25, 0.3) is 0 Å². The number of carbonyl (C=O) groups excluding carboxylic acids is 1. The number of halogens is 2. The zero-order valence-corrected chi connectivity index (χ0v) is 19.0. The van der Waals surface area contributed by atoms with Gasteiger partial charge in [0.1, 0.15) is 19.3 Å². The molecule has 1 N–H and O–H groups in total. The number of amides is 1. The number of aromatic nitrogens is 1. The summed E-state index contributed by atoms with van der Waals surface area (Å²) in [7, 11) is 0. The highest BCUT2D eigenvalue weighted by Gasteiger charge is 2.40. The zero-order valence-electron chi connectivity index (χ0n) is 18.1. The monoisotopic (exact) mass is 485 g/mol. The van der Waals surface area contributed by atoms with Crippen LogP contribution in [0.1, 0.15) is 40.3 Å². The Kier molecular flexibility index (Phi) is 5.60. The number of pyridine rings is 1. The Labute approximate surface area is 197 Å². The predicted molar refractivity (Wildman–Crippen MR) is 123 cm³/mol. The van der Waals surface area contributed by atoms with E-state index >= 15 is 0 Å². The summed E-state index contributed by atoms with van der Waals surface area (Å²) < 4.78 is 36.4. The summed E-state index contributed by atoms with van der Waals surface area (Å²) in [5.41, 5.74) is -0.515. The first kappa shape index (κ1) is 22.1. The van der Waals surface area contributed by atoms with Crippen molar-refractivity contribution in [3.63, 3.8) is 0 Å². The molecule has 0 saturated carbocycles. The van der Waals surface area contributed by atoms with Gasteiger partial charge in [0.2, 0.25) is 11.2 Å². The van der Waals surface area contributed by atoms with Crippen LogP contribution >= 0.6 is 11.3 Å². The molecule has 0 saturated heterocycles. The van der Waals surface area contributed by atoms with E-state index in [9.17, 15) is 23.5 Å². The third-order valence-electron chi connectivity index (χ3n) is 6.08. The molecular weight excluding hydrogens is 464 g/mol. The molecule has 1 amide bonds. The average Bonchev–Trinajstić information content (AvgIpc) is 3.35. The van der Waals surface area contributed by atoms with Crippen LogP contribution in [-0.4, -0.2) is 39.9 Å². The van der Waals surface area contributed by atoms with Crippen LogP contribution < -0.4 is 15.2 Å². The van der Waals surface area contributed by atoms with Crippen molar-refractivity contribution < 1.29 is 23.4 Å². The number of benzene rings is 1. The van der Waals surface area contributed by atoms with E-state index in [1.54, 1.807) is 22.1 Å². The molecule has 1 aromatic carbocycles. The fraction of sp³-hybridized carbons (Fsp3) is 0.250. The SMILES string of the molecule is CC[C@H]1/C=C/COc2c(ccc(F)c2F)[C@@H](c2cccs2)N2CN1C(=O)c1c(O)c(=O)ccn12. The summed E-state index contributed by atoms with van der Waals surface area (Å²) in [4.78, 5) is 28.0. The molecule has 2 aromatic heterocycles. The fourth-order valence-corrected chi connectivity index (χ4v) is 5.29. The largest absolute Gasteiger partial charge is 0.502 e. The standard InChI is InChI=1S/C24H21F2N3O4S/c1-2-14-5-3-11-33-23-15(7-8-16(25)19(23)26)20(18-6-4-12-34-18)29-13-27(14)24(32)21-22(31)17(30)9-10-28(21)29/h3-10,12,14,20,31H,2,11,13H2,1H3/b5-3+/t14-,20-/m0/s1. The molecular formula is C24H21F2N3O4S. The second-order valence-electron chi connectivity index (χ2n) is 7.99. The van der Waals surface area contributed by atoms with Crippen molar-refractivity contribution in [1.82, 2.24) is 9.58 Å². The summed E-state index contributed by atoms with van der Waals surface area (Å²) >= 11 is 1.40. The molecule has 10 heteroatoms. The van der Waals surface area contributed by atoms with Gasteiger partial charge in [-0.25, -0.2) is 4.39 Å². The lowest BCUT2D eigenvalue weighted by Crippen LogP contribution is -2.57. The van der Waals surface area contributed by atoms with Crippen molar-refractivity contribution in [2.24, 2.45) is 0 Å². The molecule has 0 radical (unpaired) electrons. The summed E-state index contributed by atoms with van der Waals surface area (Å²) in [5.74, 6) is -3.54. The van der Waals surface area contributed by atoms with Gasteiger partial charge in [-0.1, -0.05) is 19.1 Å². The van der Waals surface area contributed by atoms with E-state index in [-0.39, 0.29) is 30.8 Å². The van der Waals surface area contributed by atoms with Crippen molar-refractivity contribution in [2.75, 3.05) is 18.3 Å². The van der Waals surface area contributed by atoms with Gasteiger partial charge in [-0.3, -0.25) is 19.3 Å². The fourth-order valence-electron chi connectivity index (χ4n) is 4.44. The van der Waals surface area contributed by atoms with Crippen molar-refractivity contribution in [3.8, 4) is 11.5 Å². The maximum atomic E-state index is 15.0. The van der Waals surface area contributed by atoms with Gasteiger partial charge in [0, 0.05) is 22.7 Å². The molecule has 0 unspecified atom stereocenters. The van der Waals surface area contributed by atoms with E-state index in [1.807, 2.05) is 24.4 Å². The molecule has 0 aliphatic carbocycles. The third-order valence-corrected chi connectivity index (χ3v) is 7.00. The third kappa shape index (κ3) is 3.45. The van der Waals surface area contributed by atoms with Gasteiger partial charge in [0.15, 0.2) is 23.0 Å². The number of ether oxygens (including phenoxy) is 1. The Morgan fingerprint density at radius 3 is 2.76 bits per heavy atom. The van der Waals surface area contributed by atoms with Crippen LogP contribution in [0.3, 0.4) is 0 Å². The summed E-state index contributed by atoms with van der Waals surface area (Å²) in [5, 5.41) is 14.2. The molecule has 4 heterocycles. The highest BCUT2D eigenvalue weighted by molar-refractivity contribution is 7.10. The van der Waals surface area contributed by atoms with Gasteiger partial charge < -0.3 is 14.7 Å². The Morgan fingerprint density at radius 1 is 1.21 bits per heavy atom. The van der Waals surface area contributed by atoms with Crippen molar-refractivity contribution in [1.29, 1.82) is 0 Å². The minimum Gasteiger partial charge on any atom is -0.502 e. The van der Waals surface area contributed by atoms with E-state index in [0.717, 1.165) is 17.0 Å². The van der Waals surface area contributed by atoms with Crippen LogP contribution in [0.4, 0.5) is 8.78 Å². The quantitative estimate of drug-likeness (QED) is 0.560. The maximum Gasteiger partial charge on any atom is 0.278 e. The van der Waals surface area contributed by atoms with Gasteiger partial charge in [0.05, 0.1) is 6.04 Å². The highest BCUT2D eigenvalue weighted by Crippen LogP contribution is 2.40. The molecule has 2 bridgehead atoms. The number of rotatable bonds is 2. The molecule has 2 aliphatic heterocycles. The maximum absolute atomic E-state index is 15.0. The predicted octanol–water partition coefficient (Wildman–Crippen LogP) is 3.76. The molecule has 0 fully saturated rings. The van der Waals surface area contributed by atoms with Crippen molar-refractivity contribution in [2.45, 2.75) is 25.4 Å². The Hall–Kier alpha value is -3.66. The lowest BCUT2D eigenvalue weighted by Gasteiger charge is -2.45. The Bertz CT molecular complexity index is 1340. The summed E-state index contributed by atoms with van der Waals surface area (Å²) in [6, 6.07) is 6.25. The first-order valence-corrected chi connectivity index (χ1v) is 11.6. The average molecular weight is 486 g/mol. The smallest absolute Gasteiger partial charge is 0.278 e. The molecule has 0 spiro atoms. The van der Waals surface area contributed by atoms with E-state index in [4.69, 9.17) is 4.74 Å². The molecule has 34 heavy (non-hydrogen) atoms. The number of aromatic hydroxyl groups is 1. The van der Waals surface area contributed by atoms with Crippen LogP contribution in [0.15, 0.2) is 58.9 Å². The van der Waals surface area contributed by atoms with Gasteiger partial charge >= 0.3 is 0 Å². The first-order chi connectivity index (χ1) is 16.4. The molecule has 2 aliphatic rings. The summed E-state index contributed by atoms with van der Waals surface area (Å²) in [6.07, 6.45) is 5.36. The van der Waals surface area contributed by atoms with Gasteiger partial charge in [0.25, 0.3) is 5.91 Å². The lowest BCUT2D eigenvalue weighted by molar-refractivity contribution is 0.0626. The minimum absolute atomic E-state index is 0.0287. The Balaban J connectivity index is 1.83. The summed E-state index contributed by atoms with van der Waals surface area (Å²) in [6.45, 7) is 1.94. The molecule has 2 atom stereocenters. The first-order valence-electron chi connectivity index (χ1n) is 10.8. The molecule has 176 valence electrons. The van der Waals surface area contributed by atoms with E-state index < -0.39 is 34.8 Å². The molecule has 5 rings (SSSR count). The van der Waals surface area contributed by atoms with E-state index in [1.165, 1.54) is 28.3 Å². The number of nitrogens with zero attached hydrogens (tertiary/aromatic N) is 3. The zero-order chi connectivity index (χ0) is 24.0. The normalized spacial score (nSPS) is 20.7. The van der Waals surface area contributed by atoms with Gasteiger partial charge in [-0.05, 0) is 36.1 Å². The second kappa shape index (κ2) is 8.60. The van der Waals surface area contributed by atoms with Crippen LogP contribution in [-0.2, 0) is 0 Å². The van der Waals surface area contributed by atoms with Gasteiger partial charge in [-0.2, -0.15) is 4.39 Å². The van der Waals surface area contributed by atoms with Crippen LogP contribution in [0.2, 0.25) is 0 Å². The van der Waals surface area contributed by atoms with E-state index in [2.05, 4.69) is 0 Å². The molecule has 7 nitrogen and oxygen atoms in total. The molecule has 3 aromatic rings. The van der Waals surface area contributed by atoms with Crippen molar-refractivity contribution in [3.05, 3.63) is 92.1 Å². The highest BCUT2D eigenvalue weighted by atomic mass is 32.1. The number of carbonyl (C=O) groups is 1. The van der Waals surface area contributed by atoms with Gasteiger partial charge in [-0.15, -0.1) is 11.3 Å². The van der Waals surface area contributed by atoms with E-state index in [0.29, 0.717) is 12.0 Å². The lowest BCUT2D eigenvalue weighted by atomic mass is 10.0. The number of hydrogen-bond donors (Lipinski definition) is 1. The van der Waals surface area contributed by atoms with Crippen LogP contribution in [0, 0.1) is 11.6 Å². The Morgan fingerprint density at radius 2 is 2.03 bits per heavy atom. The number of fused-ring (bicyclic) bond motifs is 5. The van der Waals surface area contributed by atoms with Crippen LogP contribution in [0.5, 0.6) is 11.5 Å². The number of thiophene rings is 1. The number of hydrogen-bond acceptors (Lipinski definition) is 6. The topological polar surface area (TPSA) is 75.0 Å².